The lowest BCUT2D eigenvalue weighted by Gasteiger charge is -2.14. The highest BCUT2D eigenvalue weighted by atomic mass is 79.9. The number of hydrogen-bond acceptors (Lipinski definition) is 8. The zero-order valence-corrected chi connectivity index (χ0v) is 24.1. The number of halogens is 2. The van der Waals surface area contributed by atoms with Crippen molar-refractivity contribution in [2.45, 2.75) is 32.8 Å². The van der Waals surface area contributed by atoms with E-state index in [1.165, 1.54) is 17.0 Å². The van der Waals surface area contributed by atoms with Crippen LogP contribution in [0.2, 0.25) is 0 Å². The fourth-order valence-corrected chi connectivity index (χ4v) is 4.99. The third-order valence-corrected chi connectivity index (χ3v) is 7.35. The number of nitrogens with zero attached hydrogens (tertiary/aromatic N) is 4. The van der Waals surface area contributed by atoms with Gasteiger partial charge in [-0.2, -0.15) is 9.78 Å². The molecular formula is C27H22Br2N4O6. The first-order chi connectivity index (χ1) is 18.7. The average molecular weight is 658 g/mol. The van der Waals surface area contributed by atoms with Crippen LogP contribution in [0, 0.1) is 10.1 Å². The summed E-state index contributed by atoms with van der Waals surface area (Å²) in [6.07, 6.45) is 2.15. The summed E-state index contributed by atoms with van der Waals surface area (Å²) in [6, 6.07) is 13.6. The second kappa shape index (κ2) is 11.1. The minimum absolute atomic E-state index is 0.0454. The van der Waals surface area contributed by atoms with Crippen LogP contribution < -0.4 is 19.8 Å². The van der Waals surface area contributed by atoms with Gasteiger partial charge in [0.15, 0.2) is 11.5 Å². The van der Waals surface area contributed by atoms with Gasteiger partial charge in [-0.3, -0.25) is 14.9 Å². The SMILES string of the molecule is CC[C@@H](C)c1nc2ccc(Br)cc2c(=O)n1N=Cc1cc(Br)c(OCc2ccc3c(c2)OCO3)c([N+](=O)[O-])c1. The maximum Gasteiger partial charge on any atom is 0.312 e. The molecule has 0 radical (unpaired) electrons. The first-order valence-corrected chi connectivity index (χ1v) is 13.6. The van der Waals surface area contributed by atoms with Crippen LogP contribution >= 0.6 is 31.9 Å². The number of aromatic nitrogens is 2. The molecule has 1 atom stereocenters. The van der Waals surface area contributed by atoms with Crippen molar-refractivity contribution in [1.29, 1.82) is 0 Å². The molecular weight excluding hydrogens is 636 g/mol. The highest BCUT2D eigenvalue weighted by Crippen LogP contribution is 2.38. The highest BCUT2D eigenvalue weighted by Gasteiger charge is 2.22. The van der Waals surface area contributed by atoms with Gasteiger partial charge in [-0.05, 0) is 64.3 Å². The smallest absolute Gasteiger partial charge is 0.312 e. The van der Waals surface area contributed by atoms with Crippen LogP contribution in [0.4, 0.5) is 5.69 Å². The quantitative estimate of drug-likeness (QED) is 0.120. The predicted molar refractivity (Wildman–Crippen MR) is 153 cm³/mol. The molecule has 4 aromatic rings. The van der Waals surface area contributed by atoms with Crippen molar-refractivity contribution in [1.82, 2.24) is 9.66 Å². The number of fused-ring (bicyclic) bond motifs is 2. The Morgan fingerprint density at radius 3 is 2.74 bits per heavy atom. The molecule has 0 fully saturated rings. The molecule has 0 bridgehead atoms. The zero-order valence-electron chi connectivity index (χ0n) is 20.9. The molecule has 0 saturated carbocycles. The molecule has 12 heteroatoms. The van der Waals surface area contributed by atoms with Crippen LogP contribution in [-0.4, -0.2) is 27.6 Å². The van der Waals surface area contributed by atoms with Crippen molar-refractivity contribution < 1.29 is 19.1 Å². The second-order valence-electron chi connectivity index (χ2n) is 8.89. The Morgan fingerprint density at radius 2 is 1.97 bits per heavy atom. The maximum absolute atomic E-state index is 13.4. The Morgan fingerprint density at radius 1 is 1.18 bits per heavy atom. The summed E-state index contributed by atoms with van der Waals surface area (Å²) in [6.45, 7) is 4.19. The van der Waals surface area contributed by atoms with Crippen molar-refractivity contribution in [2.24, 2.45) is 5.10 Å². The van der Waals surface area contributed by atoms with Gasteiger partial charge >= 0.3 is 5.69 Å². The van der Waals surface area contributed by atoms with Gasteiger partial charge in [-0.15, -0.1) is 0 Å². The van der Waals surface area contributed by atoms with E-state index in [2.05, 4.69) is 41.9 Å². The molecule has 10 nitrogen and oxygen atoms in total. The molecule has 2 heterocycles. The molecule has 1 aromatic heterocycles. The molecule has 0 unspecified atom stereocenters. The van der Waals surface area contributed by atoms with E-state index >= 15 is 0 Å². The summed E-state index contributed by atoms with van der Waals surface area (Å²) in [5, 5.41) is 16.8. The first-order valence-electron chi connectivity index (χ1n) is 12.0. The molecule has 0 N–H and O–H groups in total. The third-order valence-electron chi connectivity index (χ3n) is 6.27. The summed E-state index contributed by atoms with van der Waals surface area (Å²) in [5.41, 5.74) is 1.16. The van der Waals surface area contributed by atoms with Crippen molar-refractivity contribution in [2.75, 3.05) is 6.79 Å². The minimum Gasteiger partial charge on any atom is -0.481 e. The Kier molecular flexibility index (Phi) is 7.67. The molecule has 3 aromatic carbocycles. The van der Waals surface area contributed by atoms with Crippen LogP contribution in [0.15, 0.2) is 67.4 Å². The molecule has 0 aliphatic carbocycles. The van der Waals surface area contributed by atoms with Gasteiger partial charge in [0, 0.05) is 22.0 Å². The normalized spacial score (nSPS) is 13.2. The molecule has 1 aliphatic heterocycles. The van der Waals surface area contributed by atoms with E-state index in [9.17, 15) is 14.9 Å². The second-order valence-corrected chi connectivity index (χ2v) is 10.7. The fourth-order valence-electron chi connectivity index (χ4n) is 4.04. The lowest BCUT2D eigenvalue weighted by Crippen LogP contribution is -2.23. The predicted octanol–water partition coefficient (Wildman–Crippen LogP) is 6.53. The van der Waals surface area contributed by atoms with Gasteiger partial charge in [-0.1, -0.05) is 35.8 Å². The molecule has 0 spiro atoms. The highest BCUT2D eigenvalue weighted by molar-refractivity contribution is 9.10. The molecule has 0 amide bonds. The summed E-state index contributed by atoms with van der Waals surface area (Å²) in [7, 11) is 0. The lowest BCUT2D eigenvalue weighted by molar-refractivity contribution is -0.386. The van der Waals surface area contributed by atoms with Gasteiger partial charge in [0.05, 0.1) is 26.5 Å². The Hall–Kier alpha value is -3.77. The van der Waals surface area contributed by atoms with Gasteiger partial charge in [0.2, 0.25) is 12.5 Å². The molecule has 0 saturated heterocycles. The zero-order chi connectivity index (χ0) is 27.7. The standard InChI is InChI=1S/C27H22Br2N4O6/c1-3-15(2)26-31-21-6-5-18(28)11-19(21)27(34)32(26)30-12-17-8-20(29)25(22(9-17)33(35)36)37-13-16-4-7-23-24(10-16)39-14-38-23/h4-12,15H,3,13-14H2,1-2H3/t15-/m1/s1. The Balaban J connectivity index is 1.48. The summed E-state index contributed by atoms with van der Waals surface area (Å²) in [4.78, 5) is 29.5. The number of nitro groups is 1. The van der Waals surface area contributed by atoms with E-state index in [0.717, 1.165) is 16.5 Å². The van der Waals surface area contributed by atoms with Crippen LogP contribution in [0.1, 0.15) is 43.1 Å². The van der Waals surface area contributed by atoms with Gasteiger partial charge in [-0.25, -0.2) is 4.98 Å². The van der Waals surface area contributed by atoms with E-state index < -0.39 is 4.92 Å². The van der Waals surface area contributed by atoms with Crippen molar-refractivity contribution in [3.63, 3.8) is 0 Å². The van der Waals surface area contributed by atoms with Crippen LogP contribution in [0.5, 0.6) is 17.2 Å². The average Bonchev–Trinajstić information content (AvgIpc) is 3.39. The molecule has 1 aliphatic rings. The molecule has 5 rings (SSSR count). The number of benzene rings is 3. The van der Waals surface area contributed by atoms with Crippen LogP contribution in [0.25, 0.3) is 10.9 Å². The van der Waals surface area contributed by atoms with E-state index in [1.54, 1.807) is 36.4 Å². The van der Waals surface area contributed by atoms with Crippen LogP contribution in [-0.2, 0) is 6.61 Å². The molecule has 200 valence electrons. The summed E-state index contributed by atoms with van der Waals surface area (Å²) >= 11 is 6.80. The van der Waals surface area contributed by atoms with Crippen molar-refractivity contribution in [3.8, 4) is 17.2 Å². The largest absolute Gasteiger partial charge is 0.481 e. The van der Waals surface area contributed by atoms with E-state index in [0.29, 0.717) is 38.3 Å². The number of nitro benzene ring substituents is 1. The molecule has 39 heavy (non-hydrogen) atoms. The summed E-state index contributed by atoms with van der Waals surface area (Å²) < 4.78 is 18.9. The topological polar surface area (TPSA) is 118 Å². The number of hydrogen-bond donors (Lipinski definition) is 0. The monoisotopic (exact) mass is 656 g/mol. The minimum atomic E-state index is -0.525. The van der Waals surface area contributed by atoms with Gasteiger partial charge < -0.3 is 14.2 Å². The van der Waals surface area contributed by atoms with E-state index in [-0.39, 0.29) is 36.3 Å². The Bertz CT molecular complexity index is 1690. The third kappa shape index (κ3) is 5.52. The van der Waals surface area contributed by atoms with E-state index in [1.807, 2.05) is 19.9 Å². The number of ether oxygens (including phenoxy) is 3. The number of rotatable bonds is 8. The Labute approximate surface area is 239 Å². The van der Waals surface area contributed by atoms with Gasteiger partial charge in [0.1, 0.15) is 12.4 Å². The summed E-state index contributed by atoms with van der Waals surface area (Å²) in [5.74, 6) is 1.77. The van der Waals surface area contributed by atoms with Crippen molar-refractivity contribution >= 4 is 54.7 Å². The first kappa shape index (κ1) is 26.8. The van der Waals surface area contributed by atoms with Crippen LogP contribution in [0.3, 0.4) is 0 Å². The van der Waals surface area contributed by atoms with E-state index in [4.69, 9.17) is 14.2 Å². The fraction of sp³-hybridized carbons (Fsp3) is 0.222. The maximum atomic E-state index is 13.4. The van der Waals surface area contributed by atoms with Gasteiger partial charge in [0.25, 0.3) is 5.56 Å². The lowest BCUT2D eigenvalue weighted by atomic mass is 10.1. The van der Waals surface area contributed by atoms with Crippen molar-refractivity contribution in [3.05, 3.63) is 94.9 Å².